The van der Waals surface area contributed by atoms with Crippen LogP contribution in [0.2, 0.25) is 5.02 Å². The van der Waals surface area contributed by atoms with Crippen LogP contribution in [0.3, 0.4) is 0 Å². The third-order valence-electron chi connectivity index (χ3n) is 3.43. The lowest BCUT2D eigenvalue weighted by Gasteiger charge is -2.22. The van der Waals surface area contributed by atoms with Crippen LogP contribution in [0.25, 0.3) is 0 Å². The van der Waals surface area contributed by atoms with E-state index in [9.17, 15) is 18.5 Å². The number of nitro groups is 1. The number of piperidine rings is 1. The molecule has 116 valence electrons. The quantitative estimate of drug-likeness (QED) is 0.628. The molecule has 0 unspecified atom stereocenters. The SMILES string of the molecule is O=[N+]([O-])c1cc(Cl)ccc1S(=O)(=O)NCC1CCNCC1. The molecule has 1 aromatic rings. The molecule has 0 spiro atoms. The van der Waals surface area contributed by atoms with Crippen molar-refractivity contribution in [1.82, 2.24) is 10.0 Å². The average molecular weight is 334 g/mol. The molecule has 1 saturated heterocycles. The molecule has 2 N–H and O–H groups in total. The molecule has 21 heavy (non-hydrogen) atoms. The minimum absolute atomic E-state index is 0.124. The van der Waals surface area contributed by atoms with Gasteiger partial charge in [-0.2, -0.15) is 0 Å². The van der Waals surface area contributed by atoms with Gasteiger partial charge in [0, 0.05) is 17.6 Å². The zero-order chi connectivity index (χ0) is 15.5. The molecule has 1 heterocycles. The van der Waals surface area contributed by atoms with Gasteiger partial charge in [0.15, 0.2) is 4.90 Å². The minimum Gasteiger partial charge on any atom is -0.317 e. The molecular formula is C12H16ClN3O4S. The number of halogens is 1. The molecule has 0 saturated carbocycles. The summed E-state index contributed by atoms with van der Waals surface area (Å²) in [6.07, 6.45) is 1.76. The lowest BCUT2D eigenvalue weighted by molar-refractivity contribution is -0.387. The molecule has 1 aliphatic heterocycles. The van der Waals surface area contributed by atoms with E-state index in [-0.39, 0.29) is 22.4 Å². The largest absolute Gasteiger partial charge is 0.317 e. The molecule has 2 rings (SSSR count). The minimum atomic E-state index is -3.92. The highest BCUT2D eigenvalue weighted by molar-refractivity contribution is 7.89. The van der Waals surface area contributed by atoms with Crippen molar-refractivity contribution >= 4 is 27.3 Å². The van der Waals surface area contributed by atoms with Crippen molar-refractivity contribution in [2.24, 2.45) is 5.92 Å². The lowest BCUT2D eigenvalue weighted by Crippen LogP contribution is -2.36. The lowest BCUT2D eigenvalue weighted by atomic mass is 9.99. The van der Waals surface area contributed by atoms with Crippen LogP contribution in [0.4, 0.5) is 5.69 Å². The Morgan fingerprint density at radius 3 is 2.67 bits per heavy atom. The van der Waals surface area contributed by atoms with Crippen LogP contribution in [0, 0.1) is 16.0 Å². The Morgan fingerprint density at radius 1 is 1.38 bits per heavy atom. The predicted octanol–water partition coefficient (Wildman–Crippen LogP) is 1.53. The van der Waals surface area contributed by atoms with Gasteiger partial charge in [-0.3, -0.25) is 10.1 Å². The van der Waals surface area contributed by atoms with E-state index in [1.165, 1.54) is 6.07 Å². The van der Waals surface area contributed by atoms with Gasteiger partial charge in [0.2, 0.25) is 10.0 Å². The number of rotatable bonds is 5. The van der Waals surface area contributed by atoms with Gasteiger partial charge in [-0.15, -0.1) is 0 Å². The molecular weight excluding hydrogens is 318 g/mol. The standard InChI is InChI=1S/C12H16ClN3O4S/c13-10-1-2-12(11(7-10)16(17)18)21(19,20)15-8-9-3-5-14-6-4-9/h1-2,7,9,14-15H,3-6,8H2. The second-order valence-electron chi connectivity index (χ2n) is 4.91. The van der Waals surface area contributed by atoms with Crippen LogP contribution in [0.5, 0.6) is 0 Å². The smallest absolute Gasteiger partial charge is 0.290 e. The second-order valence-corrected chi connectivity index (χ2v) is 7.09. The first-order valence-electron chi connectivity index (χ1n) is 6.54. The zero-order valence-electron chi connectivity index (χ0n) is 11.2. The maximum atomic E-state index is 12.2. The van der Waals surface area contributed by atoms with Gasteiger partial charge in [-0.25, -0.2) is 13.1 Å². The van der Waals surface area contributed by atoms with Gasteiger partial charge in [0.1, 0.15) is 0 Å². The van der Waals surface area contributed by atoms with E-state index >= 15 is 0 Å². The highest BCUT2D eigenvalue weighted by atomic mass is 35.5. The topological polar surface area (TPSA) is 101 Å². The number of benzene rings is 1. The fourth-order valence-electron chi connectivity index (χ4n) is 2.25. The summed E-state index contributed by atoms with van der Waals surface area (Å²) < 4.78 is 26.9. The molecule has 0 aromatic heterocycles. The molecule has 7 nitrogen and oxygen atoms in total. The van der Waals surface area contributed by atoms with E-state index in [4.69, 9.17) is 11.6 Å². The van der Waals surface area contributed by atoms with Crippen LogP contribution in [-0.4, -0.2) is 33.0 Å². The van der Waals surface area contributed by atoms with Crippen molar-refractivity contribution in [1.29, 1.82) is 0 Å². The molecule has 0 atom stereocenters. The molecule has 0 amide bonds. The van der Waals surface area contributed by atoms with Gasteiger partial charge in [0.05, 0.1) is 4.92 Å². The summed E-state index contributed by atoms with van der Waals surface area (Å²) in [5.41, 5.74) is -0.514. The van der Waals surface area contributed by atoms with E-state index in [2.05, 4.69) is 10.0 Å². The van der Waals surface area contributed by atoms with E-state index < -0.39 is 20.6 Å². The molecule has 0 aliphatic carbocycles. The van der Waals surface area contributed by atoms with Crippen LogP contribution in [-0.2, 0) is 10.0 Å². The molecule has 0 bridgehead atoms. The summed E-state index contributed by atoms with van der Waals surface area (Å²) in [5, 5.41) is 14.3. The fraction of sp³-hybridized carbons (Fsp3) is 0.500. The first kappa shape index (κ1) is 16.2. The number of nitro benzene ring substituents is 1. The van der Waals surface area contributed by atoms with E-state index in [0.29, 0.717) is 0 Å². The van der Waals surface area contributed by atoms with Crippen molar-refractivity contribution in [3.05, 3.63) is 33.3 Å². The van der Waals surface area contributed by atoms with Crippen molar-refractivity contribution in [2.75, 3.05) is 19.6 Å². The first-order chi connectivity index (χ1) is 9.90. The third-order valence-corrected chi connectivity index (χ3v) is 5.13. The molecule has 1 aromatic carbocycles. The summed E-state index contributed by atoms with van der Waals surface area (Å²) in [7, 11) is -3.92. The Balaban J connectivity index is 2.17. The Kier molecular flexibility index (Phi) is 5.15. The Morgan fingerprint density at radius 2 is 2.05 bits per heavy atom. The average Bonchev–Trinajstić information content (AvgIpc) is 2.46. The van der Waals surface area contributed by atoms with Crippen molar-refractivity contribution < 1.29 is 13.3 Å². The van der Waals surface area contributed by atoms with Gasteiger partial charge >= 0.3 is 0 Å². The third kappa shape index (κ3) is 4.13. The number of nitrogens with zero attached hydrogens (tertiary/aromatic N) is 1. The summed E-state index contributed by atoms with van der Waals surface area (Å²) in [6.45, 7) is 1.99. The fourth-order valence-corrected chi connectivity index (χ4v) is 3.68. The molecule has 1 aliphatic rings. The molecule has 9 heteroatoms. The van der Waals surface area contributed by atoms with Gasteiger partial charge in [-0.1, -0.05) is 11.6 Å². The van der Waals surface area contributed by atoms with E-state index in [0.717, 1.165) is 38.1 Å². The maximum absolute atomic E-state index is 12.2. The van der Waals surface area contributed by atoms with Crippen LogP contribution < -0.4 is 10.0 Å². The van der Waals surface area contributed by atoms with Crippen LogP contribution in [0.15, 0.2) is 23.1 Å². The Labute approximate surface area is 127 Å². The number of hydrogen-bond acceptors (Lipinski definition) is 5. The normalized spacial score (nSPS) is 16.8. The predicted molar refractivity (Wildman–Crippen MR) is 78.9 cm³/mol. The number of sulfonamides is 1. The Hall–Kier alpha value is -1.22. The molecule has 0 radical (unpaired) electrons. The van der Waals surface area contributed by atoms with Gasteiger partial charge in [0.25, 0.3) is 5.69 Å². The summed E-state index contributed by atoms with van der Waals surface area (Å²) >= 11 is 5.68. The molecule has 1 fully saturated rings. The van der Waals surface area contributed by atoms with Crippen molar-refractivity contribution in [2.45, 2.75) is 17.7 Å². The highest BCUT2D eigenvalue weighted by Crippen LogP contribution is 2.27. The second kappa shape index (κ2) is 6.69. The van der Waals surface area contributed by atoms with E-state index in [1.54, 1.807) is 0 Å². The van der Waals surface area contributed by atoms with Gasteiger partial charge in [-0.05, 0) is 44.0 Å². The zero-order valence-corrected chi connectivity index (χ0v) is 12.8. The van der Waals surface area contributed by atoms with E-state index in [1.807, 2.05) is 0 Å². The first-order valence-corrected chi connectivity index (χ1v) is 8.40. The highest BCUT2D eigenvalue weighted by Gasteiger charge is 2.27. The van der Waals surface area contributed by atoms with Crippen molar-refractivity contribution in [3.63, 3.8) is 0 Å². The number of nitrogens with one attached hydrogen (secondary N) is 2. The summed E-state index contributed by atoms with van der Waals surface area (Å²) in [5.74, 6) is 0.243. The maximum Gasteiger partial charge on any atom is 0.290 e. The van der Waals surface area contributed by atoms with Crippen LogP contribution >= 0.6 is 11.6 Å². The summed E-state index contributed by atoms with van der Waals surface area (Å²) in [4.78, 5) is 9.87. The monoisotopic (exact) mass is 333 g/mol. The Bertz CT molecular complexity index is 629. The summed E-state index contributed by atoms with van der Waals surface area (Å²) in [6, 6.07) is 3.53. The van der Waals surface area contributed by atoms with Gasteiger partial charge < -0.3 is 5.32 Å². The van der Waals surface area contributed by atoms with Crippen molar-refractivity contribution in [3.8, 4) is 0 Å². The van der Waals surface area contributed by atoms with Crippen LogP contribution in [0.1, 0.15) is 12.8 Å². The number of hydrogen-bond donors (Lipinski definition) is 2.